The Kier molecular flexibility index (Phi) is 9.77. The number of rotatable bonds is 9. The number of hydrogen-bond donors (Lipinski definition) is 0. The highest BCUT2D eigenvalue weighted by molar-refractivity contribution is 6.14. The third-order valence-electron chi connectivity index (χ3n) is 15.3. The van der Waals surface area contributed by atoms with Gasteiger partial charge in [-0.25, -0.2) is 9.97 Å². The zero-order valence-electron chi connectivity index (χ0n) is 41.8. The monoisotopic (exact) mass is 1000 g/mol. The summed E-state index contributed by atoms with van der Waals surface area (Å²) in [4.78, 5) is 14.4. The summed E-state index contributed by atoms with van der Waals surface area (Å²) in [6.07, 6.45) is 1.65. The van der Waals surface area contributed by atoms with Crippen LogP contribution in [0.2, 0.25) is 0 Å². The largest absolute Gasteiger partial charge is 0.456 e. The van der Waals surface area contributed by atoms with Crippen molar-refractivity contribution in [1.29, 1.82) is 0 Å². The first-order valence-corrected chi connectivity index (χ1v) is 26.1. The van der Waals surface area contributed by atoms with E-state index in [2.05, 4.69) is 227 Å². The minimum absolute atomic E-state index is 0.635. The molecule has 0 saturated carbocycles. The molecule has 11 aromatic carbocycles. The van der Waals surface area contributed by atoms with Crippen molar-refractivity contribution in [2.24, 2.45) is 0 Å². The number of anilines is 6. The number of aromatic nitrogens is 3. The van der Waals surface area contributed by atoms with Crippen LogP contribution in [-0.2, 0) is 0 Å². The Balaban J connectivity index is 0.861. The number of furan rings is 3. The second-order valence-electron chi connectivity index (χ2n) is 19.8. The van der Waals surface area contributed by atoms with Crippen molar-refractivity contribution in [3.05, 3.63) is 261 Å². The summed E-state index contributed by atoms with van der Waals surface area (Å²) in [6, 6.07) is 89.7. The molecule has 0 amide bonds. The molecule has 5 heterocycles. The lowest BCUT2D eigenvalue weighted by Crippen LogP contribution is -2.09. The molecule has 0 bridgehead atoms. The number of hydrogen-bond acceptors (Lipinski definition) is 7. The van der Waals surface area contributed by atoms with E-state index in [0.717, 1.165) is 139 Å². The van der Waals surface area contributed by atoms with Gasteiger partial charge in [0.25, 0.3) is 0 Å². The lowest BCUT2D eigenvalue weighted by molar-refractivity contribution is 0.662. The molecule has 0 unspecified atom stereocenters. The van der Waals surface area contributed by atoms with Crippen LogP contribution in [0.5, 0.6) is 0 Å². The van der Waals surface area contributed by atoms with Crippen molar-refractivity contribution in [2.45, 2.75) is 0 Å². The maximum absolute atomic E-state index is 6.62. The fourth-order valence-corrected chi connectivity index (χ4v) is 11.7. The molecule has 78 heavy (non-hydrogen) atoms. The van der Waals surface area contributed by atoms with Crippen LogP contribution >= 0.6 is 0 Å². The summed E-state index contributed by atoms with van der Waals surface area (Å²) in [7, 11) is 0. The van der Waals surface area contributed by atoms with Gasteiger partial charge in [0.1, 0.15) is 39.8 Å². The summed E-state index contributed by atoms with van der Waals surface area (Å²) in [5.74, 6) is 0.683. The molecule has 5 aromatic heterocycles. The van der Waals surface area contributed by atoms with Gasteiger partial charge in [-0.05, 0) is 156 Å². The highest BCUT2D eigenvalue weighted by Crippen LogP contribution is 2.44. The fourth-order valence-electron chi connectivity index (χ4n) is 11.7. The Bertz CT molecular complexity index is 4760. The summed E-state index contributed by atoms with van der Waals surface area (Å²) in [5.41, 5.74) is 18.2. The van der Waals surface area contributed by atoms with Gasteiger partial charge in [-0.1, -0.05) is 121 Å². The Morgan fingerprint density at radius 2 is 0.705 bits per heavy atom. The standard InChI is InChI=1S/C70H43N5O3/c1-3-17-48(18-4-1)73(52-31-35-66-59(41-52)54-23-7-10-26-63(54)76-66)50-21-13-15-44(37-50)46-29-33-61-57(39-46)58-40-47(30-34-62(58)75(61)70-69-68(71-43-72-70)56-25-9-12-28-65(56)78-69)45-16-14-22-51(38-45)74(49-19-5-2-6-20-49)53-32-36-67-60(42-53)55-24-8-11-27-64(55)77-67/h1-43H. The van der Waals surface area contributed by atoms with E-state index >= 15 is 0 Å². The van der Waals surface area contributed by atoms with Crippen LogP contribution < -0.4 is 9.80 Å². The molecule has 0 saturated heterocycles. The minimum atomic E-state index is 0.635. The first kappa shape index (κ1) is 43.7. The van der Waals surface area contributed by atoms with Crippen LogP contribution in [0.25, 0.3) is 116 Å². The zero-order chi connectivity index (χ0) is 51.3. The maximum atomic E-state index is 6.62. The van der Waals surface area contributed by atoms with Gasteiger partial charge >= 0.3 is 0 Å². The van der Waals surface area contributed by atoms with Crippen molar-refractivity contribution < 1.29 is 13.3 Å². The molecular formula is C70H43N5O3. The first-order valence-electron chi connectivity index (χ1n) is 26.1. The molecule has 16 rings (SSSR count). The third kappa shape index (κ3) is 7.01. The van der Waals surface area contributed by atoms with Gasteiger partial charge in [0.2, 0.25) is 0 Å². The smallest absolute Gasteiger partial charge is 0.197 e. The lowest BCUT2D eigenvalue weighted by Gasteiger charge is -2.26. The molecule has 0 aliphatic heterocycles. The number of nitrogens with zero attached hydrogens (tertiary/aromatic N) is 5. The molecule has 0 aliphatic carbocycles. The maximum Gasteiger partial charge on any atom is 0.197 e. The van der Waals surface area contributed by atoms with Crippen molar-refractivity contribution >= 4 is 122 Å². The molecule has 0 atom stereocenters. The first-order chi connectivity index (χ1) is 38.6. The van der Waals surface area contributed by atoms with Crippen LogP contribution in [-0.4, -0.2) is 14.5 Å². The molecule has 0 aliphatic rings. The van der Waals surface area contributed by atoms with Gasteiger partial charge in [-0.15, -0.1) is 0 Å². The minimum Gasteiger partial charge on any atom is -0.456 e. The lowest BCUT2D eigenvalue weighted by atomic mass is 9.99. The van der Waals surface area contributed by atoms with E-state index < -0.39 is 0 Å². The van der Waals surface area contributed by atoms with E-state index in [0.29, 0.717) is 11.4 Å². The fraction of sp³-hybridized carbons (Fsp3) is 0. The van der Waals surface area contributed by atoms with Crippen molar-refractivity contribution in [3.63, 3.8) is 0 Å². The molecule has 0 radical (unpaired) electrons. The van der Waals surface area contributed by atoms with E-state index in [4.69, 9.17) is 23.2 Å². The van der Waals surface area contributed by atoms with E-state index in [1.807, 2.05) is 42.5 Å². The van der Waals surface area contributed by atoms with E-state index in [9.17, 15) is 0 Å². The predicted molar refractivity (Wildman–Crippen MR) is 318 cm³/mol. The van der Waals surface area contributed by atoms with Crippen LogP contribution in [0, 0.1) is 0 Å². The van der Waals surface area contributed by atoms with Crippen LogP contribution in [0.15, 0.2) is 274 Å². The molecule has 366 valence electrons. The van der Waals surface area contributed by atoms with Crippen LogP contribution in [0.4, 0.5) is 34.1 Å². The SMILES string of the molecule is c1ccc(N(c2cccc(-c3ccc4c(c3)c3cc(-c5cccc(N(c6ccccc6)c6ccc7oc8ccccc8c7c6)c5)ccc3n4-c3ncnc4c3oc3ccccc34)c2)c2ccc3oc4ccccc4c3c2)cc1. The molecule has 0 fully saturated rings. The Hall–Kier alpha value is -10.7. The average molecular weight is 1000 g/mol. The van der Waals surface area contributed by atoms with E-state index in [1.165, 1.54) is 0 Å². The number of fused-ring (bicyclic) bond motifs is 12. The Morgan fingerprint density at radius 1 is 0.282 bits per heavy atom. The van der Waals surface area contributed by atoms with Crippen molar-refractivity contribution in [2.75, 3.05) is 9.80 Å². The van der Waals surface area contributed by atoms with Crippen LogP contribution in [0.1, 0.15) is 0 Å². The van der Waals surface area contributed by atoms with E-state index in [-0.39, 0.29) is 0 Å². The molecule has 16 aromatic rings. The summed E-state index contributed by atoms with van der Waals surface area (Å²) in [5, 5.41) is 7.45. The topological polar surface area (TPSA) is 76.6 Å². The molecule has 8 nitrogen and oxygen atoms in total. The van der Waals surface area contributed by atoms with E-state index in [1.54, 1.807) is 6.33 Å². The second-order valence-corrected chi connectivity index (χ2v) is 19.8. The molecular weight excluding hydrogens is 959 g/mol. The quantitative estimate of drug-likeness (QED) is 0.143. The van der Waals surface area contributed by atoms with Gasteiger partial charge in [0.05, 0.1) is 11.0 Å². The Morgan fingerprint density at radius 3 is 1.23 bits per heavy atom. The average Bonchev–Trinajstić information content (AvgIpc) is 4.28. The van der Waals surface area contributed by atoms with Gasteiger partial charge in [-0.3, -0.25) is 4.57 Å². The van der Waals surface area contributed by atoms with Gasteiger partial charge < -0.3 is 23.1 Å². The van der Waals surface area contributed by atoms with Crippen molar-refractivity contribution in [3.8, 4) is 28.1 Å². The van der Waals surface area contributed by atoms with Gasteiger partial charge in [-0.2, -0.15) is 0 Å². The normalized spacial score (nSPS) is 11.8. The second kappa shape index (κ2) is 17.4. The third-order valence-corrected chi connectivity index (χ3v) is 15.3. The summed E-state index contributed by atoms with van der Waals surface area (Å²) >= 11 is 0. The Labute approximate surface area is 446 Å². The number of benzene rings is 11. The van der Waals surface area contributed by atoms with Gasteiger partial charge in [0.15, 0.2) is 11.4 Å². The van der Waals surface area contributed by atoms with Gasteiger partial charge in [0, 0.05) is 71.8 Å². The predicted octanol–water partition coefficient (Wildman–Crippen LogP) is 19.5. The van der Waals surface area contributed by atoms with Crippen LogP contribution in [0.3, 0.4) is 0 Å². The number of para-hydroxylation sites is 5. The highest BCUT2D eigenvalue weighted by Gasteiger charge is 2.23. The van der Waals surface area contributed by atoms with Crippen molar-refractivity contribution in [1.82, 2.24) is 14.5 Å². The molecule has 8 heteroatoms. The molecule has 0 N–H and O–H groups in total. The summed E-state index contributed by atoms with van der Waals surface area (Å²) < 4.78 is 21.4. The zero-order valence-corrected chi connectivity index (χ0v) is 41.8. The summed E-state index contributed by atoms with van der Waals surface area (Å²) in [6.45, 7) is 0. The molecule has 0 spiro atoms. The highest BCUT2D eigenvalue weighted by atomic mass is 16.3.